The van der Waals surface area contributed by atoms with Gasteiger partial charge in [-0.15, -0.1) is 0 Å². The average Bonchev–Trinajstić information content (AvgIpc) is 2.63. The highest BCUT2D eigenvalue weighted by molar-refractivity contribution is 5.82. The molecule has 1 aliphatic rings. The maximum atomic E-state index is 13.3. The molecule has 1 saturated carbocycles. The summed E-state index contributed by atoms with van der Waals surface area (Å²) in [6.45, 7) is 6.75. The summed E-state index contributed by atoms with van der Waals surface area (Å²) in [7, 11) is 0. The van der Waals surface area contributed by atoms with Gasteiger partial charge in [-0.05, 0) is 41.7 Å². The Morgan fingerprint density at radius 3 is 1.96 bits per heavy atom. The van der Waals surface area contributed by atoms with E-state index in [0.29, 0.717) is 17.8 Å². The van der Waals surface area contributed by atoms with Crippen LogP contribution in [-0.2, 0) is 9.53 Å². The number of ether oxygens (including phenoxy) is 1. The number of hydrogen-bond acceptors (Lipinski definition) is 2. The summed E-state index contributed by atoms with van der Waals surface area (Å²) in [4.78, 5) is 13.3. The van der Waals surface area contributed by atoms with Crippen molar-refractivity contribution in [3.63, 3.8) is 0 Å². The Kier molecular flexibility index (Phi) is 6.13. The van der Waals surface area contributed by atoms with Crippen LogP contribution in [-0.4, -0.2) is 12.1 Å². The molecule has 0 N–H and O–H groups in total. The molecule has 1 aliphatic carbocycles. The molecule has 0 unspecified atom stereocenters. The van der Waals surface area contributed by atoms with Crippen molar-refractivity contribution < 1.29 is 9.53 Å². The largest absolute Gasteiger partial charge is 0.461 e. The Morgan fingerprint density at radius 2 is 1.46 bits per heavy atom. The zero-order valence-corrected chi connectivity index (χ0v) is 16.1. The first-order valence-corrected chi connectivity index (χ1v) is 9.86. The third-order valence-corrected chi connectivity index (χ3v) is 5.73. The van der Waals surface area contributed by atoms with Crippen LogP contribution >= 0.6 is 0 Å². The summed E-state index contributed by atoms with van der Waals surface area (Å²) in [6, 6.07) is 20.0. The minimum absolute atomic E-state index is 0.0289. The lowest BCUT2D eigenvalue weighted by Gasteiger charge is -2.37. The predicted octanol–water partition coefficient (Wildman–Crippen LogP) is 5.82. The van der Waals surface area contributed by atoms with Crippen LogP contribution in [0.5, 0.6) is 0 Å². The van der Waals surface area contributed by atoms with Gasteiger partial charge in [-0.2, -0.15) is 0 Å². The lowest BCUT2D eigenvalue weighted by atomic mass is 9.75. The minimum atomic E-state index is -0.359. The molecular weight excluding hydrogens is 320 g/mol. The van der Waals surface area contributed by atoms with Crippen LogP contribution in [0.4, 0.5) is 0 Å². The van der Waals surface area contributed by atoms with Gasteiger partial charge >= 0.3 is 5.97 Å². The smallest absolute Gasteiger partial charge is 0.318 e. The second-order valence-electron chi connectivity index (χ2n) is 8.06. The van der Waals surface area contributed by atoms with Crippen molar-refractivity contribution in [2.75, 3.05) is 0 Å². The van der Waals surface area contributed by atoms with E-state index in [9.17, 15) is 4.79 Å². The third-order valence-electron chi connectivity index (χ3n) is 5.73. The van der Waals surface area contributed by atoms with E-state index in [1.165, 1.54) is 6.42 Å². The molecule has 1 fully saturated rings. The Morgan fingerprint density at radius 1 is 0.923 bits per heavy atom. The molecule has 138 valence electrons. The molecule has 2 aromatic carbocycles. The summed E-state index contributed by atoms with van der Waals surface area (Å²) >= 11 is 0. The zero-order chi connectivity index (χ0) is 18.5. The SMILES string of the molecule is CC(C)[C@@H]1CC[C@H](C)C[C@H]1OC(=O)C(c1ccccc1)c1ccccc1. The van der Waals surface area contributed by atoms with E-state index in [1.807, 2.05) is 60.7 Å². The Labute approximate surface area is 157 Å². The van der Waals surface area contributed by atoms with Gasteiger partial charge in [0.15, 0.2) is 0 Å². The molecule has 0 heterocycles. The fourth-order valence-electron chi connectivity index (χ4n) is 4.22. The van der Waals surface area contributed by atoms with Crippen molar-refractivity contribution in [3.8, 4) is 0 Å². The molecule has 3 rings (SSSR count). The first kappa shape index (κ1) is 18.7. The van der Waals surface area contributed by atoms with Crippen LogP contribution in [0, 0.1) is 17.8 Å². The van der Waals surface area contributed by atoms with E-state index < -0.39 is 0 Å². The molecule has 2 nitrogen and oxygen atoms in total. The zero-order valence-electron chi connectivity index (χ0n) is 16.1. The van der Waals surface area contributed by atoms with Gasteiger partial charge < -0.3 is 4.74 Å². The van der Waals surface area contributed by atoms with Crippen LogP contribution < -0.4 is 0 Å². The topological polar surface area (TPSA) is 26.3 Å². The fourth-order valence-corrected chi connectivity index (χ4v) is 4.22. The molecule has 0 aliphatic heterocycles. The van der Waals surface area contributed by atoms with Gasteiger partial charge in [0.1, 0.15) is 12.0 Å². The molecular formula is C24H30O2. The molecule has 2 aromatic rings. The van der Waals surface area contributed by atoms with E-state index in [4.69, 9.17) is 4.74 Å². The third kappa shape index (κ3) is 4.35. The van der Waals surface area contributed by atoms with Crippen LogP contribution in [0.25, 0.3) is 0 Å². The summed E-state index contributed by atoms with van der Waals surface area (Å²) in [5.74, 6) is 1.14. The quantitative estimate of drug-likeness (QED) is 0.635. The van der Waals surface area contributed by atoms with E-state index in [1.54, 1.807) is 0 Å². The molecule has 0 amide bonds. The lowest BCUT2D eigenvalue weighted by Crippen LogP contribution is -2.37. The maximum absolute atomic E-state index is 13.3. The number of benzene rings is 2. The predicted molar refractivity (Wildman–Crippen MR) is 106 cm³/mol. The fraction of sp³-hybridized carbons (Fsp3) is 0.458. The van der Waals surface area contributed by atoms with Crippen molar-refractivity contribution >= 4 is 5.97 Å². The number of hydrogen-bond donors (Lipinski definition) is 0. The molecule has 0 bridgehead atoms. The van der Waals surface area contributed by atoms with E-state index in [0.717, 1.165) is 24.0 Å². The number of carbonyl (C=O) groups excluding carboxylic acids is 1. The molecule has 26 heavy (non-hydrogen) atoms. The van der Waals surface area contributed by atoms with Gasteiger partial charge in [0, 0.05) is 0 Å². The summed E-state index contributed by atoms with van der Waals surface area (Å²) in [6.07, 6.45) is 3.39. The molecule has 0 spiro atoms. The Bertz CT molecular complexity index is 653. The van der Waals surface area contributed by atoms with E-state index >= 15 is 0 Å². The molecule has 0 radical (unpaired) electrons. The van der Waals surface area contributed by atoms with Crippen molar-refractivity contribution in [2.45, 2.75) is 52.1 Å². The molecule has 0 aromatic heterocycles. The van der Waals surface area contributed by atoms with Crippen molar-refractivity contribution in [1.29, 1.82) is 0 Å². The van der Waals surface area contributed by atoms with Crippen LogP contribution in [0.2, 0.25) is 0 Å². The Balaban J connectivity index is 1.86. The number of esters is 1. The number of carbonyl (C=O) groups is 1. The second-order valence-corrected chi connectivity index (χ2v) is 8.06. The minimum Gasteiger partial charge on any atom is -0.461 e. The Hall–Kier alpha value is -2.09. The highest BCUT2D eigenvalue weighted by Crippen LogP contribution is 2.37. The highest BCUT2D eigenvalue weighted by atomic mass is 16.5. The highest BCUT2D eigenvalue weighted by Gasteiger charge is 2.35. The first-order chi connectivity index (χ1) is 12.6. The van der Waals surface area contributed by atoms with Crippen molar-refractivity contribution in [3.05, 3.63) is 71.8 Å². The van der Waals surface area contributed by atoms with Crippen LogP contribution in [0.15, 0.2) is 60.7 Å². The standard InChI is InChI=1S/C24H30O2/c1-17(2)21-15-14-18(3)16-22(21)26-24(25)23(19-10-6-4-7-11-19)20-12-8-5-9-13-20/h4-13,17-18,21-23H,14-16H2,1-3H3/t18-,21-,22+/m0/s1. The monoisotopic (exact) mass is 350 g/mol. The second kappa shape index (κ2) is 8.53. The molecule has 3 atom stereocenters. The van der Waals surface area contributed by atoms with Gasteiger partial charge in [0.05, 0.1) is 0 Å². The van der Waals surface area contributed by atoms with E-state index in [-0.39, 0.29) is 18.0 Å². The van der Waals surface area contributed by atoms with Crippen LogP contribution in [0.3, 0.4) is 0 Å². The van der Waals surface area contributed by atoms with Gasteiger partial charge in [-0.1, -0.05) is 87.9 Å². The molecule has 2 heteroatoms. The van der Waals surface area contributed by atoms with Crippen molar-refractivity contribution in [2.24, 2.45) is 17.8 Å². The van der Waals surface area contributed by atoms with Gasteiger partial charge in [0.25, 0.3) is 0 Å². The first-order valence-electron chi connectivity index (χ1n) is 9.86. The average molecular weight is 351 g/mol. The van der Waals surface area contributed by atoms with Gasteiger partial charge in [0.2, 0.25) is 0 Å². The summed E-state index contributed by atoms with van der Waals surface area (Å²) < 4.78 is 6.17. The molecule has 0 saturated heterocycles. The number of rotatable bonds is 5. The maximum Gasteiger partial charge on any atom is 0.318 e. The summed E-state index contributed by atoms with van der Waals surface area (Å²) in [5, 5.41) is 0. The normalized spacial score (nSPS) is 23.2. The van der Waals surface area contributed by atoms with E-state index in [2.05, 4.69) is 20.8 Å². The van der Waals surface area contributed by atoms with Crippen LogP contribution in [0.1, 0.15) is 57.1 Å². The van der Waals surface area contributed by atoms with Crippen molar-refractivity contribution in [1.82, 2.24) is 0 Å². The van der Waals surface area contributed by atoms with Gasteiger partial charge in [-0.25, -0.2) is 0 Å². The summed E-state index contributed by atoms with van der Waals surface area (Å²) in [5.41, 5.74) is 1.99. The van der Waals surface area contributed by atoms with Gasteiger partial charge in [-0.3, -0.25) is 4.79 Å². The lowest BCUT2D eigenvalue weighted by molar-refractivity contribution is -0.156.